The average Bonchev–Trinajstić information content (AvgIpc) is 3.06. The van der Waals surface area contributed by atoms with Crippen LogP contribution < -0.4 is 11.2 Å². The van der Waals surface area contributed by atoms with E-state index in [0.717, 1.165) is 22.0 Å². The van der Waals surface area contributed by atoms with Crippen molar-refractivity contribution in [2.75, 3.05) is 6.61 Å². The third-order valence-electron chi connectivity index (χ3n) is 6.36. The molecule has 0 amide bonds. The van der Waals surface area contributed by atoms with Crippen LogP contribution in [0.4, 0.5) is 0 Å². The van der Waals surface area contributed by atoms with E-state index in [1.54, 1.807) is 6.20 Å². The molecule has 0 spiro atoms. The first kappa shape index (κ1) is 21.9. The molecule has 31 heavy (non-hydrogen) atoms. The highest BCUT2D eigenvalue weighted by Crippen LogP contribution is 2.32. The number of hydrogen-bond donors (Lipinski definition) is 3. The van der Waals surface area contributed by atoms with Crippen molar-refractivity contribution in [2.24, 2.45) is 0 Å². The number of aliphatic hydroxyl groups excluding tert-OH is 3. The Morgan fingerprint density at radius 2 is 1.87 bits per heavy atom. The molecule has 4 unspecified atom stereocenters. The molecule has 1 aliphatic heterocycles. The van der Waals surface area contributed by atoms with Crippen LogP contribution >= 0.6 is 0 Å². The van der Waals surface area contributed by atoms with Gasteiger partial charge in [0.1, 0.15) is 12.2 Å². The smallest absolute Gasteiger partial charge is 0.333 e. The van der Waals surface area contributed by atoms with Crippen LogP contribution in [0, 0.1) is 0 Å². The van der Waals surface area contributed by atoms with Gasteiger partial charge in [0.05, 0.1) is 18.3 Å². The molecule has 0 aromatic carbocycles. The third-order valence-corrected chi connectivity index (χ3v) is 6.36. The standard InChI is InChI=1S/C22H29N3O6/c26-11-8-17-19(28)20(29)21(31-17)24-10-7-18(27)25(22(24)30)13-16-12-15(6-9-23-16)14-4-2-1-3-5-14/h6-7,9-10,12,14,17,19-21,26,28-29H,1-5,8,11,13H2. The van der Waals surface area contributed by atoms with Crippen LogP contribution in [-0.2, 0) is 11.3 Å². The Bertz CT molecular complexity index is 1010. The highest BCUT2D eigenvalue weighted by atomic mass is 16.6. The minimum atomic E-state index is -1.35. The van der Waals surface area contributed by atoms with E-state index in [-0.39, 0.29) is 19.6 Å². The van der Waals surface area contributed by atoms with Crippen LogP contribution in [0.25, 0.3) is 0 Å². The fourth-order valence-electron chi connectivity index (χ4n) is 4.63. The van der Waals surface area contributed by atoms with Crippen molar-refractivity contribution in [3.63, 3.8) is 0 Å². The maximum absolute atomic E-state index is 13.1. The molecule has 2 fully saturated rings. The summed E-state index contributed by atoms with van der Waals surface area (Å²) in [5.74, 6) is 0.478. The second-order valence-electron chi connectivity index (χ2n) is 8.40. The van der Waals surface area contributed by atoms with Gasteiger partial charge < -0.3 is 20.1 Å². The summed E-state index contributed by atoms with van der Waals surface area (Å²) in [6.07, 6.45) is 4.50. The van der Waals surface area contributed by atoms with Crippen molar-refractivity contribution in [3.05, 3.63) is 62.7 Å². The Labute approximate surface area is 179 Å². The first-order chi connectivity index (χ1) is 15.0. The van der Waals surface area contributed by atoms with E-state index in [1.807, 2.05) is 12.1 Å². The molecule has 9 heteroatoms. The van der Waals surface area contributed by atoms with Crippen LogP contribution in [-0.4, -0.2) is 54.4 Å². The van der Waals surface area contributed by atoms with Crippen molar-refractivity contribution in [1.82, 2.24) is 14.1 Å². The lowest BCUT2D eigenvalue weighted by Gasteiger charge is -2.22. The lowest BCUT2D eigenvalue weighted by atomic mass is 9.84. The van der Waals surface area contributed by atoms with Gasteiger partial charge in [-0.05, 0) is 42.9 Å². The SMILES string of the molecule is O=c1ccn(C2OC(CCO)C(O)C2O)c(=O)n1Cc1cc(C2CCCCC2)ccn1. The van der Waals surface area contributed by atoms with Crippen molar-refractivity contribution in [3.8, 4) is 0 Å². The highest BCUT2D eigenvalue weighted by molar-refractivity contribution is 5.21. The topological polar surface area (TPSA) is 127 Å². The number of ether oxygens (including phenoxy) is 1. The van der Waals surface area contributed by atoms with Crippen molar-refractivity contribution in [1.29, 1.82) is 0 Å². The van der Waals surface area contributed by atoms with Gasteiger partial charge in [0.15, 0.2) is 6.23 Å². The zero-order valence-electron chi connectivity index (χ0n) is 17.3. The fraction of sp³-hybridized carbons (Fsp3) is 0.591. The lowest BCUT2D eigenvalue weighted by Crippen LogP contribution is -2.43. The number of aromatic nitrogens is 3. The Balaban J connectivity index is 1.60. The van der Waals surface area contributed by atoms with Crippen molar-refractivity contribution in [2.45, 2.75) is 75.5 Å². The van der Waals surface area contributed by atoms with Gasteiger partial charge in [-0.25, -0.2) is 4.79 Å². The van der Waals surface area contributed by atoms with Crippen molar-refractivity contribution < 1.29 is 20.1 Å². The van der Waals surface area contributed by atoms with Gasteiger partial charge in [-0.15, -0.1) is 0 Å². The monoisotopic (exact) mass is 431 g/mol. The molecule has 9 nitrogen and oxygen atoms in total. The summed E-state index contributed by atoms with van der Waals surface area (Å²) in [6, 6.07) is 5.19. The second-order valence-corrected chi connectivity index (χ2v) is 8.40. The number of aliphatic hydroxyl groups is 3. The molecule has 168 valence electrons. The largest absolute Gasteiger partial charge is 0.396 e. The molecular formula is C22H29N3O6. The van der Waals surface area contributed by atoms with Gasteiger partial charge in [0.25, 0.3) is 5.56 Å². The highest BCUT2D eigenvalue weighted by Gasteiger charge is 2.43. The molecule has 0 radical (unpaired) electrons. The Hall–Kier alpha value is -2.33. The van der Waals surface area contributed by atoms with E-state index in [9.17, 15) is 19.8 Å². The van der Waals surface area contributed by atoms with Gasteiger partial charge >= 0.3 is 5.69 Å². The molecule has 1 saturated carbocycles. The molecular weight excluding hydrogens is 402 g/mol. The van der Waals surface area contributed by atoms with Gasteiger partial charge in [-0.2, -0.15) is 0 Å². The molecule has 2 aromatic heterocycles. The number of rotatable bonds is 6. The third kappa shape index (κ3) is 4.50. The maximum Gasteiger partial charge on any atom is 0.333 e. The fourth-order valence-corrected chi connectivity index (χ4v) is 4.63. The molecule has 0 bridgehead atoms. The second kappa shape index (κ2) is 9.44. The molecule has 2 aliphatic rings. The Morgan fingerprint density at radius 1 is 1.10 bits per heavy atom. The van der Waals surface area contributed by atoms with Crippen LogP contribution in [0.2, 0.25) is 0 Å². The molecule has 1 aliphatic carbocycles. The van der Waals surface area contributed by atoms with Gasteiger partial charge in [0, 0.05) is 25.1 Å². The average molecular weight is 431 g/mol. The van der Waals surface area contributed by atoms with Crippen LogP contribution in [0.1, 0.15) is 61.9 Å². The zero-order valence-corrected chi connectivity index (χ0v) is 17.3. The summed E-state index contributed by atoms with van der Waals surface area (Å²) in [4.78, 5) is 29.9. The zero-order chi connectivity index (χ0) is 22.0. The van der Waals surface area contributed by atoms with Gasteiger partial charge in [-0.1, -0.05) is 19.3 Å². The summed E-state index contributed by atoms with van der Waals surface area (Å²) < 4.78 is 7.77. The van der Waals surface area contributed by atoms with Crippen molar-refractivity contribution >= 4 is 0 Å². The molecule has 3 heterocycles. The van der Waals surface area contributed by atoms with E-state index in [2.05, 4.69) is 4.98 Å². The van der Waals surface area contributed by atoms with Crippen LogP contribution in [0.15, 0.2) is 40.2 Å². The number of nitrogens with zero attached hydrogens (tertiary/aromatic N) is 3. The number of hydrogen-bond acceptors (Lipinski definition) is 7. The van der Waals surface area contributed by atoms with Crippen LogP contribution in [0.3, 0.4) is 0 Å². The lowest BCUT2D eigenvalue weighted by molar-refractivity contribution is -0.0458. The first-order valence-corrected chi connectivity index (χ1v) is 10.9. The summed E-state index contributed by atoms with van der Waals surface area (Å²) in [6.45, 7) is -0.219. The maximum atomic E-state index is 13.1. The van der Waals surface area contributed by atoms with E-state index >= 15 is 0 Å². The molecule has 4 atom stereocenters. The molecule has 3 N–H and O–H groups in total. The molecule has 1 saturated heterocycles. The predicted molar refractivity (Wildman–Crippen MR) is 112 cm³/mol. The number of pyridine rings is 1. The normalized spacial score (nSPS) is 26.9. The van der Waals surface area contributed by atoms with E-state index < -0.39 is 35.8 Å². The van der Waals surface area contributed by atoms with E-state index in [1.165, 1.54) is 37.1 Å². The van der Waals surface area contributed by atoms with E-state index in [4.69, 9.17) is 9.84 Å². The summed E-state index contributed by atoms with van der Waals surface area (Å²) in [5, 5.41) is 29.6. The minimum absolute atomic E-state index is 0.00447. The minimum Gasteiger partial charge on any atom is -0.396 e. The first-order valence-electron chi connectivity index (χ1n) is 10.9. The molecule has 2 aromatic rings. The molecule has 4 rings (SSSR count). The summed E-state index contributed by atoms with van der Waals surface area (Å²) in [5.41, 5.74) is 0.661. The quantitative estimate of drug-likeness (QED) is 0.608. The van der Waals surface area contributed by atoms with Gasteiger partial charge in [0.2, 0.25) is 0 Å². The van der Waals surface area contributed by atoms with Crippen LogP contribution in [0.5, 0.6) is 0 Å². The Kier molecular flexibility index (Phi) is 6.66. The van der Waals surface area contributed by atoms with Gasteiger partial charge in [-0.3, -0.25) is 18.9 Å². The Morgan fingerprint density at radius 3 is 2.61 bits per heavy atom. The predicted octanol–water partition coefficient (Wildman–Crippen LogP) is 0.503. The summed E-state index contributed by atoms with van der Waals surface area (Å²) in [7, 11) is 0. The summed E-state index contributed by atoms with van der Waals surface area (Å²) >= 11 is 0. The van der Waals surface area contributed by atoms with E-state index in [0.29, 0.717) is 11.6 Å².